The van der Waals surface area contributed by atoms with Crippen molar-refractivity contribution in [2.75, 3.05) is 26.1 Å². The summed E-state index contributed by atoms with van der Waals surface area (Å²) in [7, 11) is -3.28. The summed E-state index contributed by atoms with van der Waals surface area (Å²) in [5.41, 5.74) is 0. The van der Waals surface area contributed by atoms with Crippen molar-refractivity contribution in [3.05, 3.63) is 0 Å². The molecule has 0 aliphatic carbocycles. The molecule has 1 aliphatic rings. The highest BCUT2D eigenvalue weighted by Gasteiger charge is 2.13. The lowest BCUT2D eigenvalue weighted by atomic mass is 9.99. The van der Waals surface area contributed by atoms with Gasteiger partial charge < -0.3 is 9.47 Å². The van der Waals surface area contributed by atoms with Crippen LogP contribution in [0.4, 0.5) is 0 Å². The van der Waals surface area contributed by atoms with E-state index in [0.717, 1.165) is 45.2 Å². The molecule has 1 heterocycles. The van der Waals surface area contributed by atoms with Crippen molar-refractivity contribution >= 4 is 10.1 Å². The molecule has 0 aromatic carbocycles. The highest BCUT2D eigenvalue weighted by molar-refractivity contribution is 7.85. The van der Waals surface area contributed by atoms with E-state index in [4.69, 9.17) is 13.7 Å². The van der Waals surface area contributed by atoms with Crippen molar-refractivity contribution in [1.82, 2.24) is 0 Å². The molecule has 150 valence electrons. The minimum absolute atomic E-state index is 0.0542. The first-order valence-electron chi connectivity index (χ1n) is 10.0. The van der Waals surface area contributed by atoms with Crippen molar-refractivity contribution in [3.63, 3.8) is 0 Å². The Hall–Kier alpha value is -0.170. The van der Waals surface area contributed by atoms with Gasteiger partial charge in [0.15, 0.2) is 6.29 Å². The Morgan fingerprint density at radius 1 is 0.960 bits per heavy atom. The summed E-state index contributed by atoms with van der Waals surface area (Å²) in [6, 6.07) is 0. The van der Waals surface area contributed by atoms with E-state index in [1.807, 2.05) is 0 Å². The second kappa shape index (κ2) is 14.0. The maximum Gasteiger partial charge on any atom is 0.264 e. The van der Waals surface area contributed by atoms with Crippen LogP contribution in [0.2, 0.25) is 0 Å². The van der Waals surface area contributed by atoms with Crippen molar-refractivity contribution in [3.8, 4) is 0 Å². The Bertz CT molecular complexity index is 404. The molecule has 0 bridgehead atoms. The fourth-order valence-electron chi connectivity index (χ4n) is 3.08. The molecule has 0 spiro atoms. The van der Waals surface area contributed by atoms with E-state index < -0.39 is 10.1 Å². The zero-order valence-electron chi connectivity index (χ0n) is 16.2. The third-order valence-electron chi connectivity index (χ3n) is 4.69. The molecule has 1 aliphatic heterocycles. The van der Waals surface area contributed by atoms with E-state index in [-0.39, 0.29) is 6.29 Å². The second-order valence-corrected chi connectivity index (χ2v) is 8.99. The number of hydrogen-bond donors (Lipinski definition) is 0. The summed E-state index contributed by atoms with van der Waals surface area (Å²) in [4.78, 5) is 0. The van der Waals surface area contributed by atoms with Crippen molar-refractivity contribution < 1.29 is 22.1 Å². The van der Waals surface area contributed by atoms with Crippen molar-refractivity contribution in [2.45, 2.75) is 90.3 Å². The molecule has 1 saturated heterocycles. The third kappa shape index (κ3) is 14.7. The highest BCUT2D eigenvalue weighted by Crippen LogP contribution is 2.16. The van der Waals surface area contributed by atoms with E-state index in [2.05, 4.69) is 6.92 Å². The largest absolute Gasteiger partial charge is 0.353 e. The lowest BCUT2D eigenvalue weighted by Gasteiger charge is -2.22. The summed E-state index contributed by atoms with van der Waals surface area (Å²) in [6.45, 7) is 4.17. The molecule has 25 heavy (non-hydrogen) atoms. The van der Waals surface area contributed by atoms with E-state index >= 15 is 0 Å². The maximum atomic E-state index is 10.9. The molecule has 0 amide bonds. The Labute approximate surface area is 154 Å². The molecule has 2 atom stereocenters. The zero-order valence-corrected chi connectivity index (χ0v) is 17.0. The zero-order chi connectivity index (χ0) is 18.4. The first-order chi connectivity index (χ1) is 12.0. The fourth-order valence-corrected chi connectivity index (χ4v) is 3.48. The Morgan fingerprint density at radius 3 is 2.28 bits per heavy atom. The fraction of sp³-hybridized carbons (Fsp3) is 1.00. The van der Waals surface area contributed by atoms with Crippen LogP contribution < -0.4 is 0 Å². The Balaban J connectivity index is 1.79. The topological polar surface area (TPSA) is 61.8 Å². The molecule has 0 saturated carbocycles. The Kier molecular flexibility index (Phi) is 12.8. The van der Waals surface area contributed by atoms with E-state index in [9.17, 15) is 8.42 Å². The molecule has 1 rings (SSSR count). The lowest BCUT2D eigenvalue weighted by Crippen LogP contribution is -2.22. The van der Waals surface area contributed by atoms with Gasteiger partial charge in [0.1, 0.15) is 0 Å². The molecule has 5 nitrogen and oxygen atoms in total. The summed E-state index contributed by atoms with van der Waals surface area (Å²) in [5, 5.41) is 0. The second-order valence-electron chi connectivity index (χ2n) is 7.35. The minimum atomic E-state index is -3.28. The SMILES string of the molecule is C[C@@H](CCCCCCCCCOC1CCCCO1)CCOS(C)(=O)=O. The molecular weight excluding hydrogens is 340 g/mol. The van der Waals surface area contributed by atoms with Gasteiger partial charge in [0.2, 0.25) is 0 Å². The predicted molar refractivity (Wildman–Crippen MR) is 101 cm³/mol. The van der Waals surface area contributed by atoms with Gasteiger partial charge in [0.25, 0.3) is 10.1 Å². The molecule has 6 heteroatoms. The maximum absolute atomic E-state index is 10.9. The van der Waals surface area contributed by atoms with Gasteiger partial charge in [-0.2, -0.15) is 8.42 Å². The van der Waals surface area contributed by atoms with Crippen LogP contribution >= 0.6 is 0 Å². The van der Waals surface area contributed by atoms with Gasteiger partial charge in [-0.25, -0.2) is 0 Å². The first-order valence-corrected chi connectivity index (χ1v) is 11.9. The van der Waals surface area contributed by atoms with Crippen LogP contribution in [0.1, 0.15) is 84.0 Å². The van der Waals surface area contributed by atoms with Gasteiger partial charge in [0.05, 0.1) is 12.9 Å². The van der Waals surface area contributed by atoms with Gasteiger partial charge >= 0.3 is 0 Å². The molecule has 1 unspecified atom stereocenters. The standard InChI is InChI=1S/C19H38O5S/c1-18(14-17-24-25(2,20)21)12-8-6-4-3-5-7-10-15-22-19-13-9-11-16-23-19/h18-19H,3-17H2,1-2H3/t18-,19?/m0/s1. The quantitative estimate of drug-likeness (QED) is 0.306. The van der Waals surface area contributed by atoms with E-state index in [1.54, 1.807) is 0 Å². The summed E-state index contributed by atoms with van der Waals surface area (Å²) in [6.07, 6.45) is 15.3. The van der Waals surface area contributed by atoms with Crippen LogP contribution in [0, 0.1) is 5.92 Å². The van der Waals surface area contributed by atoms with Crippen LogP contribution in [0.25, 0.3) is 0 Å². The molecule has 0 aromatic rings. The predicted octanol–water partition coefficient (Wildman–Crippen LogP) is 4.65. The average molecular weight is 379 g/mol. The lowest BCUT2D eigenvalue weighted by molar-refractivity contribution is -0.162. The summed E-state index contributed by atoms with van der Waals surface area (Å²) < 4.78 is 37.8. The smallest absolute Gasteiger partial charge is 0.264 e. The average Bonchev–Trinajstić information content (AvgIpc) is 2.56. The number of rotatable bonds is 15. The van der Waals surface area contributed by atoms with Gasteiger partial charge in [-0.1, -0.05) is 51.9 Å². The molecule has 0 aromatic heterocycles. The normalized spacial score (nSPS) is 19.8. The van der Waals surface area contributed by atoms with Gasteiger partial charge in [-0.05, 0) is 38.0 Å². The molecular formula is C19H38O5S. The molecule has 0 radical (unpaired) electrons. The first kappa shape index (κ1) is 22.9. The molecule has 0 N–H and O–H groups in total. The number of ether oxygens (including phenoxy) is 2. The van der Waals surface area contributed by atoms with Gasteiger partial charge in [-0.3, -0.25) is 4.18 Å². The van der Waals surface area contributed by atoms with Crippen LogP contribution in [-0.2, 0) is 23.8 Å². The van der Waals surface area contributed by atoms with Crippen molar-refractivity contribution in [1.29, 1.82) is 0 Å². The summed E-state index contributed by atoms with van der Waals surface area (Å²) >= 11 is 0. The van der Waals surface area contributed by atoms with E-state index in [1.165, 1.54) is 51.4 Å². The van der Waals surface area contributed by atoms with Gasteiger partial charge in [-0.15, -0.1) is 0 Å². The third-order valence-corrected chi connectivity index (χ3v) is 5.29. The minimum Gasteiger partial charge on any atom is -0.353 e. The number of hydrogen-bond acceptors (Lipinski definition) is 5. The highest BCUT2D eigenvalue weighted by atomic mass is 32.2. The summed E-state index contributed by atoms with van der Waals surface area (Å²) in [5.74, 6) is 0.529. The van der Waals surface area contributed by atoms with Crippen LogP contribution in [0.5, 0.6) is 0 Å². The number of unbranched alkanes of at least 4 members (excludes halogenated alkanes) is 6. The Morgan fingerprint density at radius 2 is 1.64 bits per heavy atom. The van der Waals surface area contributed by atoms with Crippen LogP contribution in [-0.4, -0.2) is 40.8 Å². The van der Waals surface area contributed by atoms with Gasteiger partial charge in [0, 0.05) is 13.2 Å². The van der Waals surface area contributed by atoms with E-state index in [0.29, 0.717) is 12.5 Å². The monoisotopic (exact) mass is 378 g/mol. The molecule has 1 fully saturated rings. The van der Waals surface area contributed by atoms with Crippen LogP contribution in [0.3, 0.4) is 0 Å². The van der Waals surface area contributed by atoms with Crippen LogP contribution in [0.15, 0.2) is 0 Å². The van der Waals surface area contributed by atoms with Crippen molar-refractivity contribution in [2.24, 2.45) is 5.92 Å².